The number of aromatic nitrogens is 3. The Balaban J connectivity index is 1.48. The number of nitrogens with zero attached hydrogens (tertiary/aromatic N) is 5. The third kappa shape index (κ3) is 2.54. The summed E-state index contributed by atoms with van der Waals surface area (Å²) in [6.07, 6.45) is 5.56. The van der Waals surface area contributed by atoms with E-state index in [4.69, 9.17) is 0 Å². The van der Waals surface area contributed by atoms with Crippen molar-refractivity contribution in [3.63, 3.8) is 0 Å². The van der Waals surface area contributed by atoms with Crippen LogP contribution in [0.3, 0.4) is 0 Å². The van der Waals surface area contributed by atoms with Crippen molar-refractivity contribution in [2.75, 3.05) is 13.1 Å². The molecule has 0 N–H and O–H groups in total. The topological polar surface area (TPSA) is 63.4 Å². The largest absolute Gasteiger partial charge is 0.347 e. The van der Waals surface area contributed by atoms with Gasteiger partial charge in [0.15, 0.2) is 0 Å². The number of rotatable bonds is 3. The van der Waals surface area contributed by atoms with Gasteiger partial charge in [-0.25, -0.2) is 0 Å². The smallest absolute Gasteiger partial charge is 0.271 e. The zero-order chi connectivity index (χ0) is 19.3. The molecule has 7 nitrogen and oxygen atoms in total. The molecule has 28 heavy (non-hydrogen) atoms. The van der Waals surface area contributed by atoms with Crippen LogP contribution >= 0.6 is 0 Å². The zero-order valence-corrected chi connectivity index (χ0v) is 15.6. The van der Waals surface area contributed by atoms with Crippen molar-refractivity contribution < 1.29 is 9.59 Å². The quantitative estimate of drug-likeness (QED) is 0.703. The first-order valence-electron chi connectivity index (χ1n) is 9.42. The normalized spacial score (nSPS) is 21.0. The van der Waals surface area contributed by atoms with Crippen molar-refractivity contribution in [1.29, 1.82) is 0 Å². The van der Waals surface area contributed by atoms with Crippen LogP contribution < -0.4 is 0 Å². The molecule has 2 atom stereocenters. The van der Waals surface area contributed by atoms with Gasteiger partial charge in [0.2, 0.25) is 0 Å². The van der Waals surface area contributed by atoms with Gasteiger partial charge in [0, 0.05) is 38.7 Å². The number of hydrogen-bond acceptors (Lipinski definition) is 3. The average molecular weight is 375 g/mol. The van der Waals surface area contributed by atoms with Gasteiger partial charge >= 0.3 is 0 Å². The van der Waals surface area contributed by atoms with Gasteiger partial charge in [-0.1, -0.05) is 6.07 Å². The Kier molecular flexibility index (Phi) is 3.82. The fourth-order valence-electron chi connectivity index (χ4n) is 4.38. The van der Waals surface area contributed by atoms with Crippen molar-refractivity contribution in [1.82, 2.24) is 23.9 Å². The number of pyridine rings is 1. The lowest BCUT2D eigenvalue weighted by Crippen LogP contribution is -2.50. The molecule has 142 valence electrons. The molecule has 7 heteroatoms. The van der Waals surface area contributed by atoms with E-state index in [0.717, 1.165) is 5.69 Å². The molecule has 5 heterocycles. The molecule has 1 saturated heterocycles. The van der Waals surface area contributed by atoms with E-state index >= 15 is 0 Å². The van der Waals surface area contributed by atoms with Crippen molar-refractivity contribution in [3.8, 4) is 0 Å². The lowest BCUT2D eigenvalue weighted by molar-refractivity contribution is 0.0547. The molecule has 0 aromatic carbocycles. The van der Waals surface area contributed by atoms with Crippen LogP contribution in [0.15, 0.2) is 61.1 Å². The maximum atomic E-state index is 13.2. The van der Waals surface area contributed by atoms with E-state index in [9.17, 15) is 9.59 Å². The molecule has 2 amide bonds. The standard InChI is InChI=1S/C21H21N5O2/c1-23-10-4-7-16(23)20(27)24-13-18-19(14-24)26(12-15-6-2-3-9-22-15)21(28)17-8-5-11-25(17)18/h2-11,18-19H,12-14H2,1H3. The highest BCUT2D eigenvalue weighted by Crippen LogP contribution is 2.35. The first-order chi connectivity index (χ1) is 13.6. The lowest BCUT2D eigenvalue weighted by atomic mass is 10.1. The molecule has 2 aliphatic rings. The Bertz CT molecular complexity index is 1040. The molecule has 1 fully saturated rings. The summed E-state index contributed by atoms with van der Waals surface area (Å²) in [6, 6.07) is 13.2. The van der Waals surface area contributed by atoms with Crippen LogP contribution in [-0.4, -0.2) is 54.9 Å². The molecule has 0 aliphatic carbocycles. The van der Waals surface area contributed by atoms with Gasteiger partial charge in [0.1, 0.15) is 11.4 Å². The van der Waals surface area contributed by atoms with E-state index in [1.54, 1.807) is 6.20 Å². The van der Waals surface area contributed by atoms with E-state index in [2.05, 4.69) is 4.98 Å². The summed E-state index contributed by atoms with van der Waals surface area (Å²) in [5, 5.41) is 0. The molecule has 0 bridgehead atoms. The van der Waals surface area contributed by atoms with Gasteiger partial charge in [0.25, 0.3) is 11.8 Å². The summed E-state index contributed by atoms with van der Waals surface area (Å²) in [5.41, 5.74) is 2.18. The van der Waals surface area contributed by atoms with Gasteiger partial charge in [-0.15, -0.1) is 0 Å². The lowest BCUT2D eigenvalue weighted by Gasteiger charge is -2.37. The Hall–Kier alpha value is -3.35. The third-order valence-corrected chi connectivity index (χ3v) is 5.78. The summed E-state index contributed by atoms with van der Waals surface area (Å²) >= 11 is 0. The highest BCUT2D eigenvalue weighted by Gasteiger charge is 2.46. The predicted octanol–water partition coefficient (Wildman–Crippen LogP) is 1.94. The molecule has 0 spiro atoms. The Morgan fingerprint density at radius 1 is 1.07 bits per heavy atom. The minimum Gasteiger partial charge on any atom is -0.347 e. The first-order valence-corrected chi connectivity index (χ1v) is 9.42. The second kappa shape index (κ2) is 6.37. The monoisotopic (exact) mass is 375 g/mol. The summed E-state index contributed by atoms with van der Waals surface area (Å²) in [7, 11) is 1.87. The first kappa shape index (κ1) is 16.8. The molecular formula is C21H21N5O2. The second-order valence-electron chi connectivity index (χ2n) is 7.40. The number of aryl methyl sites for hydroxylation is 1. The van der Waals surface area contributed by atoms with Crippen molar-refractivity contribution in [3.05, 3.63) is 78.1 Å². The van der Waals surface area contributed by atoms with Crippen LogP contribution in [0.4, 0.5) is 0 Å². The van der Waals surface area contributed by atoms with E-state index in [1.165, 1.54) is 0 Å². The van der Waals surface area contributed by atoms with Crippen LogP contribution in [0.5, 0.6) is 0 Å². The Morgan fingerprint density at radius 2 is 1.89 bits per heavy atom. The molecule has 3 aromatic rings. The number of likely N-dealkylation sites (tertiary alicyclic amines) is 1. The minimum atomic E-state index is -0.0707. The van der Waals surface area contributed by atoms with Gasteiger partial charge in [0.05, 0.1) is 24.3 Å². The molecular weight excluding hydrogens is 354 g/mol. The van der Waals surface area contributed by atoms with Crippen molar-refractivity contribution in [2.45, 2.75) is 18.6 Å². The summed E-state index contributed by atoms with van der Waals surface area (Å²) in [6.45, 7) is 1.55. The van der Waals surface area contributed by atoms with Crippen molar-refractivity contribution in [2.24, 2.45) is 7.05 Å². The van der Waals surface area contributed by atoms with E-state index in [-0.39, 0.29) is 23.9 Å². The van der Waals surface area contributed by atoms with Crippen LogP contribution in [-0.2, 0) is 13.6 Å². The van der Waals surface area contributed by atoms with Gasteiger partial charge in [-0.05, 0) is 36.4 Å². The average Bonchev–Trinajstić information content (AvgIpc) is 3.44. The molecule has 2 unspecified atom stereocenters. The zero-order valence-electron chi connectivity index (χ0n) is 15.6. The van der Waals surface area contributed by atoms with E-state index < -0.39 is 0 Å². The Morgan fingerprint density at radius 3 is 2.64 bits per heavy atom. The second-order valence-corrected chi connectivity index (χ2v) is 7.40. The van der Waals surface area contributed by atoms with E-state index in [0.29, 0.717) is 31.0 Å². The number of fused-ring (bicyclic) bond motifs is 3. The molecule has 0 saturated carbocycles. The van der Waals surface area contributed by atoms with Crippen LogP contribution in [0, 0.1) is 0 Å². The number of hydrogen-bond donors (Lipinski definition) is 0. The fraction of sp³-hybridized carbons (Fsp3) is 0.286. The van der Waals surface area contributed by atoms with Crippen molar-refractivity contribution >= 4 is 11.8 Å². The molecule has 2 aliphatic heterocycles. The van der Waals surface area contributed by atoms with Crippen LogP contribution in [0.2, 0.25) is 0 Å². The number of carbonyl (C=O) groups excluding carboxylic acids is 2. The SMILES string of the molecule is Cn1cccc1C(=O)N1CC2C(C1)n1cccc1C(=O)N2Cc1ccccn1. The van der Waals surface area contributed by atoms with Crippen LogP contribution in [0.1, 0.15) is 32.7 Å². The summed E-state index contributed by atoms with van der Waals surface area (Å²) in [5.74, 6) is -0.00842. The maximum Gasteiger partial charge on any atom is 0.271 e. The van der Waals surface area contributed by atoms with Gasteiger partial charge in [-0.3, -0.25) is 14.6 Å². The highest BCUT2D eigenvalue weighted by atomic mass is 16.2. The highest BCUT2D eigenvalue weighted by molar-refractivity contribution is 5.95. The number of amides is 2. The minimum absolute atomic E-state index is 0.000779. The van der Waals surface area contributed by atoms with Gasteiger partial charge in [-0.2, -0.15) is 0 Å². The third-order valence-electron chi connectivity index (χ3n) is 5.78. The van der Waals surface area contributed by atoms with Crippen LogP contribution in [0.25, 0.3) is 0 Å². The van der Waals surface area contributed by atoms with Gasteiger partial charge < -0.3 is 18.9 Å². The summed E-state index contributed by atoms with van der Waals surface area (Å²) in [4.78, 5) is 34.3. The molecule has 0 radical (unpaired) electrons. The molecule has 3 aromatic heterocycles. The van der Waals surface area contributed by atoms with E-state index in [1.807, 2.05) is 80.8 Å². The predicted molar refractivity (Wildman–Crippen MR) is 103 cm³/mol. The summed E-state index contributed by atoms with van der Waals surface area (Å²) < 4.78 is 3.86. The molecule has 5 rings (SSSR count). The fourth-order valence-corrected chi connectivity index (χ4v) is 4.38. The maximum absolute atomic E-state index is 13.2. The number of carbonyl (C=O) groups is 2. The Labute approximate surface area is 162 Å².